The molecule has 0 unspecified atom stereocenters. The van der Waals surface area contributed by atoms with Crippen LogP contribution >= 0.6 is 0 Å². The lowest BCUT2D eigenvalue weighted by Gasteiger charge is -2.22. The summed E-state index contributed by atoms with van der Waals surface area (Å²) in [5, 5.41) is 11.8. The normalized spacial score (nSPS) is 10.6. The van der Waals surface area contributed by atoms with Crippen LogP contribution in [-0.2, 0) is 12.8 Å². The number of aromatic nitrogens is 3. The van der Waals surface area contributed by atoms with E-state index in [1.165, 1.54) is 11.1 Å². The minimum absolute atomic E-state index is 0.521. The topological polar surface area (TPSA) is 53.9 Å². The van der Waals surface area contributed by atoms with E-state index in [1.807, 2.05) is 18.2 Å². The number of rotatable bonds is 7. The van der Waals surface area contributed by atoms with E-state index in [0.29, 0.717) is 5.95 Å². The Hall–Kier alpha value is -2.95. The number of para-hydroxylation sites is 2. The van der Waals surface area contributed by atoms with Gasteiger partial charge in [0.05, 0.1) is 6.20 Å². The van der Waals surface area contributed by atoms with E-state index in [9.17, 15) is 0 Å². The third kappa shape index (κ3) is 3.82. The Morgan fingerprint density at radius 3 is 2.19 bits per heavy atom. The van der Waals surface area contributed by atoms with E-state index >= 15 is 0 Å². The molecule has 1 heterocycles. The number of nitrogens with zero attached hydrogens (tertiary/aromatic N) is 4. The number of hydrogen-bond donors (Lipinski definition) is 1. The van der Waals surface area contributed by atoms with Gasteiger partial charge in [0.25, 0.3) is 0 Å². The van der Waals surface area contributed by atoms with E-state index in [2.05, 4.69) is 71.5 Å². The standard InChI is InChI=1S/C21H25N5/c1-4-16-11-10-12-17(5-2)20(16)24-21-23-19(15-22-25-21)26(6-3)18-13-8-7-9-14-18/h7-15H,4-6H2,1-3H3,(H,23,24,25). The molecule has 0 aliphatic heterocycles. The lowest BCUT2D eigenvalue weighted by atomic mass is 10.0. The van der Waals surface area contributed by atoms with Gasteiger partial charge in [-0.05, 0) is 43.0 Å². The molecule has 0 aliphatic rings. The molecule has 3 aromatic rings. The van der Waals surface area contributed by atoms with Crippen LogP contribution in [0.1, 0.15) is 31.9 Å². The van der Waals surface area contributed by atoms with E-state index in [4.69, 9.17) is 4.98 Å². The predicted molar refractivity (Wildman–Crippen MR) is 107 cm³/mol. The van der Waals surface area contributed by atoms with Crippen LogP contribution in [0, 0.1) is 0 Å². The van der Waals surface area contributed by atoms with Crippen LogP contribution in [0.4, 0.5) is 23.1 Å². The molecular weight excluding hydrogens is 322 g/mol. The van der Waals surface area contributed by atoms with Crippen LogP contribution in [0.3, 0.4) is 0 Å². The fourth-order valence-corrected chi connectivity index (χ4v) is 3.08. The average Bonchev–Trinajstić information content (AvgIpc) is 2.70. The molecule has 0 bridgehead atoms. The fraction of sp³-hybridized carbons (Fsp3) is 0.286. The second kappa shape index (κ2) is 8.43. The van der Waals surface area contributed by atoms with Crippen LogP contribution < -0.4 is 10.2 Å². The van der Waals surface area contributed by atoms with Gasteiger partial charge in [-0.2, -0.15) is 10.1 Å². The van der Waals surface area contributed by atoms with Crippen molar-refractivity contribution in [3.05, 3.63) is 65.9 Å². The molecule has 0 saturated heterocycles. The van der Waals surface area contributed by atoms with Gasteiger partial charge in [0, 0.05) is 17.9 Å². The van der Waals surface area contributed by atoms with E-state index < -0.39 is 0 Å². The molecule has 2 aromatic carbocycles. The van der Waals surface area contributed by atoms with Crippen molar-refractivity contribution in [3.8, 4) is 0 Å². The highest BCUT2D eigenvalue weighted by Gasteiger charge is 2.12. The number of aryl methyl sites for hydroxylation is 2. The van der Waals surface area contributed by atoms with Crippen molar-refractivity contribution in [2.45, 2.75) is 33.6 Å². The van der Waals surface area contributed by atoms with Crippen LogP contribution in [0.5, 0.6) is 0 Å². The van der Waals surface area contributed by atoms with Crippen molar-refractivity contribution in [1.29, 1.82) is 0 Å². The summed E-state index contributed by atoms with van der Waals surface area (Å²) in [6.07, 6.45) is 3.61. The summed E-state index contributed by atoms with van der Waals surface area (Å²) in [6, 6.07) is 16.6. The molecule has 5 nitrogen and oxygen atoms in total. The molecule has 1 N–H and O–H groups in total. The Balaban J connectivity index is 1.93. The van der Waals surface area contributed by atoms with Gasteiger partial charge in [-0.15, -0.1) is 5.10 Å². The van der Waals surface area contributed by atoms with Crippen molar-refractivity contribution >= 4 is 23.1 Å². The maximum atomic E-state index is 4.71. The van der Waals surface area contributed by atoms with Gasteiger partial charge in [-0.3, -0.25) is 0 Å². The summed E-state index contributed by atoms with van der Waals surface area (Å²) >= 11 is 0. The first kappa shape index (κ1) is 17.9. The SMILES string of the molecule is CCc1cccc(CC)c1Nc1nncc(N(CC)c2ccccc2)n1. The highest BCUT2D eigenvalue weighted by molar-refractivity contribution is 5.65. The van der Waals surface area contributed by atoms with E-state index in [1.54, 1.807) is 6.20 Å². The molecular formula is C21H25N5. The Morgan fingerprint density at radius 2 is 1.58 bits per heavy atom. The maximum Gasteiger partial charge on any atom is 0.249 e. The minimum atomic E-state index is 0.521. The van der Waals surface area contributed by atoms with Crippen LogP contribution in [0.15, 0.2) is 54.7 Å². The molecule has 5 heteroatoms. The van der Waals surface area contributed by atoms with Crippen molar-refractivity contribution in [3.63, 3.8) is 0 Å². The van der Waals surface area contributed by atoms with Crippen LogP contribution in [0.25, 0.3) is 0 Å². The summed E-state index contributed by atoms with van der Waals surface area (Å²) in [5.74, 6) is 1.30. The second-order valence-corrected chi connectivity index (χ2v) is 6.00. The average molecular weight is 347 g/mol. The van der Waals surface area contributed by atoms with Crippen molar-refractivity contribution in [2.75, 3.05) is 16.8 Å². The molecule has 0 saturated carbocycles. The zero-order chi connectivity index (χ0) is 18.4. The van der Waals surface area contributed by atoms with Gasteiger partial charge < -0.3 is 10.2 Å². The summed E-state index contributed by atoms with van der Waals surface area (Å²) in [5.41, 5.74) is 4.70. The molecule has 0 atom stereocenters. The number of hydrogen-bond acceptors (Lipinski definition) is 5. The second-order valence-electron chi connectivity index (χ2n) is 6.00. The molecule has 0 aliphatic carbocycles. The van der Waals surface area contributed by atoms with Crippen molar-refractivity contribution in [1.82, 2.24) is 15.2 Å². The number of anilines is 4. The zero-order valence-electron chi connectivity index (χ0n) is 15.6. The summed E-state index contributed by atoms with van der Waals surface area (Å²) in [6.45, 7) is 7.21. The molecule has 0 fully saturated rings. The summed E-state index contributed by atoms with van der Waals surface area (Å²) in [7, 11) is 0. The van der Waals surface area contributed by atoms with Gasteiger partial charge in [0.2, 0.25) is 5.95 Å². The maximum absolute atomic E-state index is 4.71. The van der Waals surface area contributed by atoms with Gasteiger partial charge in [0.15, 0.2) is 5.82 Å². The fourth-order valence-electron chi connectivity index (χ4n) is 3.08. The largest absolute Gasteiger partial charge is 0.325 e. The molecule has 0 radical (unpaired) electrons. The smallest absolute Gasteiger partial charge is 0.249 e. The van der Waals surface area contributed by atoms with E-state index in [-0.39, 0.29) is 0 Å². The monoisotopic (exact) mass is 347 g/mol. The molecule has 1 aromatic heterocycles. The van der Waals surface area contributed by atoms with Gasteiger partial charge >= 0.3 is 0 Å². The highest BCUT2D eigenvalue weighted by atomic mass is 15.3. The number of benzene rings is 2. The third-order valence-electron chi connectivity index (χ3n) is 4.44. The van der Waals surface area contributed by atoms with Crippen LogP contribution in [-0.4, -0.2) is 21.7 Å². The van der Waals surface area contributed by atoms with Gasteiger partial charge in [-0.25, -0.2) is 0 Å². The number of nitrogens with one attached hydrogen (secondary N) is 1. The highest BCUT2D eigenvalue weighted by Crippen LogP contribution is 2.27. The van der Waals surface area contributed by atoms with Gasteiger partial charge in [0.1, 0.15) is 0 Å². The first-order valence-corrected chi connectivity index (χ1v) is 9.16. The molecule has 26 heavy (non-hydrogen) atoms. The lowest BCUT2D eigenvalue weighted by Crippen LogP contribution is -2.18. The predicted octanol–water partition coefficient (Wildman–Crippen LogP) is 4.90. The van der Waals surface area contributed by atoms with Crippen molar-refractivity contribution in [2.24, 2.45) is 0 Å². The first-order chi connectivity index (χ1) is 12.8. The lowest BCUT2D eigenvalue weighted by molar-refractivity contribution is 0.920. The quantitative estimate of drug-likeness (QED) is 0.659. The Kier molecular flexibility index (Phi) is 5.79. The summed E-state index contributed by atoms with van der Waals surface area (Å²) < 4.78 is 0. The van der Waals surface area contributed by atoms with Crippen LogP contribution in [0.2, 0.25) is 0 Å². The van der Waals surface area contributed by atoms with Crippen molar-refractivity contribution < 1.29 is 0 Å². The zero-order valence-corrected chi connectivity index (χ0v) is 15.6. The molecule has 134 valence electrons. The van der Waals surface area contributed by atoms with E-state index in [0.717, 1.165) is 36.6 Å². The molecule has 0 spiro atoms. The Bertz CT molecular complexity index is 826. The first-order valence-electron chi connectivity index (χ1n) is 9.16. The third-order valence-corrected chi connectivity index (χ3v) is 4.44. The van der Waals surface area contributed by atoms with Gasteiger partial charge in [-0.1, -0.05) is 50.2 Å². The summed E-state index contributed by atoms with van der Waals surface area (Å²) in [4.78, 5) is 6.82. The Labute approximate surface area is 155 Å². The molecule has 0 amide bonds. The Morgan fingerprint density at radius 1 is 0.885 bits per heavy atom. The minimum Gasteiger partial charge on any atom is -0.325 e. The molecule has 3 rings (SSSR count).